The molecule has 150 valence electrons. The van der Waals surface area contributed by atoms with E-state index in [4.69, 9.17) is 14.5 Å². The minimum atomic E-state index is -0.330. The van der Waals surface area contributed by atoms with Gasteiger partial charge in [0.05, 0.1) is 12.7 Å². The van der Waals surface area contributed by atoms with Gasteiger partial charge >= 0.3 is 5.97 Å². The molecule has 2 aromatic heterocycles. The monoisotopic (exact) mass is 374 g/mol. The van der Waals surface area contributed by atoms with E-state index in [1.807, 2.05) is 16.8 Å². The largest absolute Gasteiger partial charge is 0.464 e. The zero-order valence-corrected chi connectivity index (χ0v) is 18.0. The quantitative estimate of drug-likeness (QED) is 0.590. The van der Waals surface area contributed by atoms with Gasteiger partial charge in [0.1, 0.15) is 11.3 Å². The van der Waals surface area contributed by atoms with Gasteiger partial charge < -0.3 is 14.0 Å². The maximum Gasteiger partial charge on any atom is 0.354 e. The van der Waals surface area contributed by atoms with Crippen molar-refractivity contribution in [1.29, 1.82) is 0 Å². The van der Waals surface area contributed by atoms with Crippen LogP contribution in [0.3, 0.4) is 0 Å². The van der Waals surface area contributed by atoms with Gasteiger partial charge in [-0.25, -0.2) is 9.78 Å². The van der Waals surface area contributed by atoms with Crippen molar-refractivity contribution in [3.63, 3.8) is 0 Å². The summed E-state index contributed by atoms with van der Waals surface area (Å²) < 4.78 is 12.7. The number of fused-ring (bicyclic) bond motifs is 1. The van der Waals surface area contributed by atoms with Gasteiger partial charge in [0, 0.05) is 24.2 Å². The van der Waals surface area contributed by atoms with Gasteiger partial charge in [-0.15, -0.1) is 0 Å². The first-order chi connectivity index (χ1) is 12.6. The third-order valence-electron chi connectivity index (χ3n) is 5.78. The molecule has 0 aliphatic carbocycles. The van der Waals surface area contributed by atoms with Crippen molar-refractivity contribution in [2.45, 2.75) is 77.9 Å². The third-order valence-corrected chi connectivity index (χ3v) is 5.78. The van der Waals surface area contributed by atoms with E-state index in [-0.39, 0.29) is 17.1 Å². The number of carbonyl (C=O) groups excluding carboxylic acids is 1. The van der Waals surface area contributed by atoms with Crippen LogP contribution < -0.4 is 0 Å². The highest BCUT2D eigenvalue weighted by molar-refractivity contribution is 5.94. The maximum atomic E-state index is 12.4. The summed E-state index contributed by atoms with van der Waals surface area (Å²) in [7, 11) is 3.17. The summed E-state index contributed by atoms with van der Waals surface area (Å²) >= 11 is 0. The molecule has 2 aromatic rings. The molecule has 5 heteroatoms. The predicted octanol–water partition coefficient (Wildman–Crippen LogP) is 5.28. The summed E-state index contributed by atoms with van der Waals surface area (Å²) in [4.78, 5) is 17.2. The molecule has 0 bridgehead atoms. The van der Waals surface area contributed by atoms with Crippen molar-refractivity contribution in [2.75, 3.05) is 14.2 Å². The van der Waals surface area contributed by atoms with E-state index in [1.165, 1.54) is 12.7 Å². The van der Waals surface area contributed by atoms with E-state index in [9.17, 15) is 4.79 Å². The fourth-order valence-electron chi connectivity index (χ4n) is 3.53. The molecule has 2 rings (SSSR count). The topological polar surface area (TPSA) is 53.4 Å². The molecule has 5 nitrogen and oxygen atoms in total. The Bertz CT molecular complexity index is 805. The number of hydrogen-bond donors (Lipinski definition) is 0. The predicted molar refractivity (Wildman–Crippen MR) is 109 cm³/mol. The summed E-state index contributed by atoms with van der Waals surface area (Å²) in [6, 6.07) is 4.07. The van der Waals surface area contributed by atoms with E-state index in [2.05, 4.69) is 47.6 Å². The second kappa shape index (κ2) is 8.01. The summed E-state index contributed by atoms with van der Waals surface area (Å²) in [5, 5.41) is 0.975. The molecule has 0 amide bonds. The van der Waals surface area contributed by atoms with E-state index in [1.54, 1.807) is 7.11 Å². The number of ether oxygens (including phenoxy) is 2. The van der Waals surface area contributed by atoms with Crippen LogP contribution in [-0.2, 0) is 15.0 Å². The average molecular weight is 375 g/mol. The van der Waals surface area contributed by atoms with Gasteiger partial charge in [-0.05, 0) is 70.6 Å². The van der Waals surface area contributed by atoms with Crippen LogP contribution in [0.1, 0.15) is 82.8 Å². The molecule has 0 N–H and O–H groups in total. The Labute approximate surface area is 163 Å². The summed E-state index contributed by atoms with van der Waals surface area (Å²) in [5.74, 6) is 0.0181. The fraction of sp³-hybridized carbons (Fsp3) is 0.636. The van der Waals surface area contributed by atoms with Crippen LogP contribution in [0.15, 0.2) is 18.3 Å². The van der Waals surface area contributed by atoms with Crippen molar-refractivity contribution in [3.05, 3.63) is 29.6 Å². The molecule has 0 aliphatic rings. The first-order valence-electron chi connectivity index (χ1n) is 9.75. The lowest BCUT2D eigenvalue weighted by Crippen LogP contribution is -2.29. The van der Waals surface area contributed by atoms with Crippen LogP contribution in [0, 0.1) is 0 Å². The standard InChI is InChI=1S/C22H34N2O3/c1-9-15(13-22(5,6)27-8)17-11-16-12-18(20(25)26-7)24(19(16)23-14-17)21(3,4)10-2/h11-12,14-15H,9-10,13H2,1-8H3. The normalized spacial score (nSPS) is 13.8. The zero-order valence-electron chi connectivity index (χ0n) is 18.0. The van der Waals surface area contributed by atoms with Crippen molar-refractivity contribution < 1.29 is 14.3 Å². The van der Waals surface area contributed by atoms with Gasteiger partial charge in [0.25, 0.3) is 0 Å². The van der Waals surface area contributed by atoms with E-state index < -0.39 is 0 Å². The number of carbonyl (C=O) groups is 1. The fourth-order valence-corrected chi connectivity index (χ4v) is 3.53. The Balaban J connectivity index is 2.59. The molecule has 0 aliphatic heterocycles. The Morgan fingerprint density at radius 3 is 2.37 bits per heavy atom. The number of methoxy groups -OCH3 is 2. The summed E-state index contributed by atoms with van der Waals surface area (Å²) in [5.41, 5.74) is 2.13. The lowest BCUT2D eigenvalue weighted by Gasteiger charge is -2.29. The van der Waals surface area contributed by atoms with Crippen LogP contribution in [0.2, 0.25) is 0 Å². The second-order valence-corrected chi connectivity index (χ2v) is 8.48. The smallest absolute Gasteiger partial charge is 0.354 e. The first kappa shape index (κ1) is 21.4. The molecule has 0 aromatic carbocycles. The summed E-state index contributed by atoms with van der Waals surface area (Å²) in [6.45, 7) is 12.7. The van der Waals surface area contributed by atoms with Crippen LogP contribution >= 0.6 is 0 Å². The van der Waals surface area contributed by atoms with Crippen molar-refractivity contribution in [3.8, 4) is 0 Å². The van der Waals surface area contributed by atoms with E-state index >= 15 is 0 Å². The Hall–Kier alpha value is -1.88. The summed E-state index contributed by atoms with van der Waals surface area (Å²) in [6.07, 6.45) is 4.75. The van der Waals surface area contributed by atoms with Crippen molar-refractivity contribution in [2.24, 2.45) is 0 Å². The van der Waals surface area contributed by atoms with E-state index in [0.717, 1.165) is 30.3 Å². The highest BCUT2D eigenvalue weighted by Crippen LogP contribution is 2.34. The molecule has 1 atom stereocenters. The number of aromatic nitrogens is 2. The van der Waals surface area contributed by atoms with Crippen LogP contribution in [-0.4, -0.2) is 35.3 Å². The van der Waals surface area contributed by atoms with Gasteiger partial charge in [0.15, 0.2) is 0 Å². The molecule has 0 radical (unpaired) electrons. The zero-order chi connectivity index (χ0) is 20.4. The SMILES string of the molecule is CCC(CC(C)(C)OC)c1cnc2c(c1)cc(C(=O)OC)n2C(C)(C)CC. The number of hydrogen-bond acceptors (Lipinski definition) is 4. The number of rotatable bonds is 8. The second-order valence-electron chi connectivity index (χ2n) is 8.48. The van der Waals surface area contributed by atoms with Gasteiger partial charge in [-0.1, -0.05) is 13.8 Å². The molecule has 0 fully saturated rings. The van der Waals surface area contributed by atoms with Gasteiger partial charge in [-0.2, -0.15) is 0 Å². The average Bonchev–Trinajstić information content (AvgIpc) is 3.04. The molecular weight excluding hydrogens is 340 g/mol. The van der Waals surface area contributed by atoms with Crippen LogP contribution in [0.4, 0.5) is 0 Å². The maximum absolute atomic E-state index is 12.4. The van der Waals surface area contributed by atoms with Gasteiger partial charge in [0.2, 0.25) is 0 Å². The minimum absolute atomic E-state index is 0.192. The molecule has 2 heterocycles. The number of esters is 1. The molecule has 0 spiro atoms. The molecule has 0 saturated heterocycles. The Kier molecular flexibility index (Phi) is 6.35. The van der Waals surface area contributed by atoms with E-state index in [0.29, 0.717) is 11.6 Å². The van der Waals surface area contributed by atoms with Crippen molar-refractivity contribution >= 4 is 17.0 Å². The molecular formula is C22H34N2O3. The molecule has 1 unspecified atom stereocenters. The lowest BCUT2D eigenvalue weighted by molar-refractivity contribution is 0.00919. The highest BCUT2D eigenvalue weighted by Gasteiger charge is 2.29. The highest BCUT2D eigenvalue weighted by atomic mass is 16.5. The minimum Gasteiger partial charge on any atom is -0.464 e. The number of pyridine rings is 1. The number of nitrogens with zero attached hydrogens (tertiary/aromatic N) is 2. The molecule has 0 saturated carbocycles. The first-order valence-corrected chi connectivity index (χ1v) is 9.75. The Morgan fingerprint density at radius 1 is 1.19 bits per heavy atom. The molecule has 27 heavy (non-hydrogen) atoms. The van der Waals surface area contributed by atoms with Gasteiger partial charge in [-0.3, -0.25) is 0 Å². The van der Waals surface area contributed by atoms with Crippen LogP contribution in [0.5, 0.6) is 0 Å². The Morgan fingerprint density at radius 2 is 1.85 bits per heavy atom. The third kappa shape index (κ3) is 4.34. The lowest BCUT2D eigenvalue weighted by atomic mass is 9.86. The van der Waals surface area contributed by atoms with Crippen molar-refractivity contribution in [1.82, 2.24) is 9.55 Å². The van der Waals surface area contributed by atoms with Crippen LogP contribution in [0.25, 0.3) is 11.0 Å².